The predicted octanol–water partition coefficient (Wildman–Crippen LogP) is 5.31. The molecule has 0 aromatic rings. The highest BCUT2D eigenvalue weighted by Crippen LogP contribution is 2.66. The number of likely N-dealkylation sites (N-methyl/N-ethyl adjacent to an activating group) is 1. The van der Waals surface area contributed by atoms with Crippen molar-refractivity contribution < 1.29 is 14.3 Å². The van der Waals surface area contributed by atoms with Gasteiger partial charge in [-0.1, -0.05) is 33.3 Å². The van der Waals surface area contributed by atoms with E-state index in [1.807, 2.05) is 14.0 Å². The lowest BCUT2D eigenvalue weighted by molar-refractivity contribution is -0.152. The molecule has 31 heavy (non-hydrogen) atoms. The zero-order valence-electron chi connectivity index (χ0n) is 20.5. The van der Waals surface area contributed by atoms with Crippen molar-refractivity contribution >= 4 is 11.8 Å². The Morgan fingerprint density at radius 1 is 1.06 bits per heavy atom. The first-order chi connectivity index (χ1) is 14.6. The molecule has 4 heteroatoms. The van der Waals surface area contributed by atoms with E-state index in [0.717, 1.165) is 31.6 Å². The van der Waals surface area contributed by atoms with E-state index in [4.69, 9.17) is 4.74 Å². The monoisotopic (exact) mass is 429 g/mol. The summed E-state index contributed by atoms with van der Waals surface area (Å²) in [6.07, 6.45) is 11.4. The molecule has 0 spiro atoms. The lowest BCUT2D eigenvalue weighted by Crippen LogP contribution is -2.51. The lowest BCUT2D eigenvalue weighted by atomic mass is 9.46. The van der Waals surface area contributed by atoms with Crippen LogP contribution in [0.1, 0.15) is 86.0 Å². The number of Topliss-reactive ketones (excluding diaryl/α,β-unsaturated/α-hetero) is 1. The van der Waals surface area contributed by atoms with Crippen LogP contribution in [0.25, 0.3) is 0 Å². The van der Waals surface area contributed by atoms with Crippen molar-refractivity contribution in [2.75, 3.05) is 7.05 Å². The number of rotatable bonds is 5. The maximum atomic E-state index is 12.7. The van der Waals surface area contributed by atoms with Crippen molar-refractivity contribution in [2.45, 2.75) is 98.1 Å². The first-order valence-electron chi connectivity index (χ1n) is 12.7. The Hall–Kier alpha value is -1.16. The maximum Gasteiger partial charge on any atom is 0.323 e. The van der Waals surface area contributed by atoms with Crippen molar-refractivity contribution in [3.05, 3.63) is 11.6 Å². The molecule has 0 aromatic heterocycles. The molecule has 8 atom stereocenters. The van der Waals surface area contributed by atoms with Gasteiger partial charge in [0.1, 0.15) is 17.9 Å². The number of carbonyl (C=O) groups excluding carboxylic acids is 2. The van der Waals surface area contributed by atoms with Crippen LogP contribution in [0.15, 0.2) is 11.6 Å². The molecule has 174 valence electrons. The summed E-state index contributed by atoms with van der Waals surface area (Å²) < 4.78 is 5.95. The Morgan fingerprint density at radius 3 is 2.45 bits per heavy atom. The summed E-state index contributed by atoms with van der Waals surface area (Å²) in [4.78, 5) is 25.0. The molecule has 4 aliphatic carbocycles. The molecule has 0 heterocycles. The molecule has 4 rings (SSSR count). The van der Waals surface area contributed by atoms with Crippen molar-refractivity contribution in [3.8, 4) is 0 Å². The maximum absolute atomic E-state index is 12.7. The molecule has 0 saturated heterocycles. The van der Waals surface area contributed by atoms with Gasteiger partial charge >= 0.3 is 5.97 Å². The van der Waals surface area contributed by atoms with E-state index < -0.39 is 0 Å². The number of nitrogens with one attached hydrogen (secondary N) is 1. The van der Waals surface area contributed by atoms with Crippen molar-refractivity contribution in [3.63, 3.8) is 0 Å². The number of ketones is 1. The number of esters is 1. The fraction of sp³-hybridized carbons (Fsp3) is 0.852. The van der Waals surface area contributed by atoms with Crippen LogP contribution in [-0.2, 0) is 14.3 Å². The highest BCUT2D eigenvalue weighted by molar-refractivity contribution is 5.79. The molecule has 4 aliphatic rings. The summed E-state index contributed by atoms with van der Waals surface area (Å²) in [7, 11) is 1.83. The van der Waals surface area contributed by atoms with E-state index in [2.05, 4.69) is 39.1 Å². The van der Waals surface area contributed by atoms with E-state index in [-0.39, 0.29) is 40.8 Å². The number of ether oxygens (including phenoxy) is 1. The average molecular weight is 430 g/mol. The summed E-state index contributed by atoms with van der Waals surface area (Å²) in [6, 6.07) is -0.241. The van der Waals surface area contributed by atoms with Gasteiger partial charge in [0.2, 0.25) is 0 Å². The third-order valence-electron chi connectivity index (χ3n) is 10.1. The van der Waals surface area contributed by atoms with E-state index in [1.54, 1.807) is 0 Å². The molecule has 0 amide bonds. The van der Waals surface area contributed by atoms with Crippen LogP contribution in [0.3, 0.4) is 0 Å². The first kappa shape index (κ1) is 23.0. The fourth-order valence-corrected chi connectivity index (χ4v) is 8.40. The molecular formula is C27H43NO3. The van der Waals surface area contributed by atoms with Crippen LogP contribution < -0.4 is 5.32 Å². The largest absolute Gasteiger partial charge is 0.457 e. The fourth-order valence-electron chi connectivity index (χ4n) is 8.40. The summed E-state index contributed by atoms with van der Waals surface area (Å²) in [6.45, 7) is 10.8. The second-order valence-electron chi connectivity index (χ2n) is 11.8. The molecule has 0 radical (unpaired) electrons. The number of hydrogen-bond acceptors (Lipinski definition) is 4. The number of hydrogen-bond donors (Lipinski definition) is 1. The first-order valence-corrected chi connectivity index (χ1v) is 12.7. The van der Waals surface area contributed by atoms with Gasteiger partial charge in [0.05, 0.1) is 0 Å². The Morgan fingerprint density at radius 2 is 1.81 bits per heavy atom. The predicted molar refractivity (Wildman–Crippen MR) is 123 cm³/mol. The van der Waals surface area contributed by atoms with E-state index in [1.165, 1.54) is 31.3 Å². The molecule has 0 aromatic carbocycles. The molecule has 3 fully saturated rings. The third-order valence-corrected chi connectivity index (χ3v) is 10.1. The van der Waals surface area contributed by atoms with Gasteiger partial charge in [-0.25, -0.2) is 0 Å². The van der Waals surface area contributed by atoms with Gasteiger partial charge in [-0.3, -0.25) is 9.59 Å². The minimum absolute atomic E-state index is 0.0795. The van der Waals surface area contributed by atoms with Crippen LogP contribution in [-0.4, -0.2) is 30.9 Å². The van der Waals surface area contributed by atoms with Gasteiger partial charge in [0.15, 0.2) is 0 Å². The lowest BCUT2D eigenvalue weighted by Gasteiger charge is -2.58. The quantitative estimate of drug-likeness (QED) is 0.475. The van der Waals surface area contributed by atoms with Crippen LogP contribution in [0.5, 0.6) is 0 Å². The van der Waals surface area contributed by atoms with Crippen molar-refractivity contribution in [1.29, 1.82) is 0 Å². The molecular weight excluding hydrogens is 386 g/mol. The van der Waals surface area contributed by atoms with Gasteiger partial charge in [-0.2, -0.15) is 0 Å². The van der Waals surface area contributed by atoms with Crippen molar-refractivity contribution in [1.82, 2.24) is 5.32 Å². The average Bonchev–Trinajstić information content (AvgIpc) is 3.06. The molecule has 1 N–H and O–H groups in total. The van der Waals surface area contributed by atoms with Crippen molar-refractivity contribution in [2.24, 2.45) is 40.4 Å². The normalized spacial score (nSPS) is 42.8. The zero-order chi connectivity index (χ0) is 22.6. The standard InChI is InChI=1S/C27H43NO3/c1-16(2)24(28-6)25(30)31-19-11-13-26(4)18(15-19)7-8-20-22-10-9-21(17(3)29)27(22,5)14-12-23(20)26/h15-16,19-24,28H,7-14H2,1-6H3. The van der Waals surface area contributed by atoms with Crippen LogP contribution >= 0.6 is 0 Å². The molecule has 3 saturated carbocycles. The Bertz CT molecular complexity index is 758. The van der Waals surface area contributed by atoms with E-state index in [9.17, 15) is 9.59 Å². The van der Waals surface area contributed by atoms with Crippen LogP contribution in [0.4, 0.5) is 0 Å². The highest BCUT2D eigenvalue weighted by atomic mass is 16.5. The van der Waals surface area contributed by atoms with Gasteiger partial charge in [-0.05, 0) is 106 Å². The van der Waals surface area contributed by atoms with Gasteiger partial charge in [0, 0.05) is 5.92 Å². The Balaban J connectivity index is 1.50. The van der Waals surface area contributed by atoms with Crippen LogP contribution in [0.2, 0.25) is 0 Å². The van der Waals surface area contributed by atoms with E-state index in [0.29, 0.717) is 17.6 Å². The number of carbonyl (C=O) groups is 2. The van der Waals surface area contributed by atoms with Crippen LogP contribution in [0, 0.1) is 40.4 Å². The Kier molecular flexibility index (Phi) is 6.17. The summed E-state index contributed by atoms with van der Waals surface area (Å²) in [5, 5.41) is 3.11. The second kappa shape index (κ2) is 8.32. The molecule has 4 nitrogen and oxygen atoms in total. The summed E-state index contributed by atoms with van der Waals surface area (Å²) in [5.74, 6) is 2.96. The minimum Gasteiger partial charge on any atom is -0.457 e. The third kappa shape index (κ3) is 3.71. The van der Waals surface area contributed by atoms with Gasteiger partial charge < -0.3 is 10.1 Å². The number of fused-ring (bicyclic) bond motifs is 5. The summed E-state index contributed by atoms with van der Waals surface area (Å²) >= 11 is 0. The second-order valence-corrected chi connectivity index (χ2v) is 11.8. The molecule has 0 aliphatic heterocycles. The van der Waals surface area contributed by atoms with Gasteiger partial charge in [-0.15, -0.1) is 0 Å². The molecule has 0 bridgehead atoms. The highest BCUT2D eigenvalue weighted by Gasteiger charge is 2.59. The topological polar surface area (TPSA) is 55.4 Å². The minimum atomic E-state index is -0.241. The van der Waals surface area contributed by atoms with Gasteiger partial charge in [0.25, 0.3) is 0 Å². The Labute approximate surface area is 189 Å². The number of allylic oxidation sites excluding steroid dienone is 1. The zero-order valence-corrected chi connectivity index (χ0v) is 20.5. The summed E-state index contributed by atoms with van der Waals surface area (Å²) in [5.41, 5.74) is 1.99. The SMILES string of the molecule is CNC(C(=O)OC1C=C2CCC3C(CCC4(C)C(C(C)=O)CCC34)C2(C)CC1)C(C)C. The molecule has 8 unspecified atom stereocenters. The van der Waals surface area contributed by atoms with E-state index >= 15 is 0 Å². The smallest absolute Gasteiger partial charge is 0.323 e.